The minimum Gasteiger partial charge on any atom is -0.377 e. The summed E-state index contributed by atoms with van der Waals surface area (Å²) in [6, 6.07) is 0.525. The Labute approximate surface area is 79.6 Å². The Balaban J connectivity index is 1.89. The van der Waals surface area contributed by atoms with Crippen molar-refractivity contribution in [1.29, 1.82) is 0 Å². The molecule has 13 heavy (non-hydrogen) atoms. The van der Waals surface area contributed by atoms with E-state index in [1.165, 1.54) is 0 Å². The first-order valence-corrected chi connectivity index (χ1v) is 4.89. The van der Waals surface area contributed by atoms with Gasteiger partial charge in [-0.1, -0.05) is 0 Å². The average Bonchev–Trinajstić information content (AvgIpc) is 2.64. The van der Waals surface area contributed by atoms with E-state index >= 15 is 0 Å². The largest absolute Gasteiger partial charge is 0.377 e. The van der Waals surface area contributed by atoms with Crippen molar-refractivity contribution in [2.45, 2.75) is 31.9 Å². The molecular weight excluding hydrogens is 166 g/mol. The van der Waals surface area contributed by atoms with Gasteiger partial charge < -0.3 is 15.8 Å². The van der Waals surface area contributed by atoms with Gasteiger partial charge in [0, 0.05) is 19.2 Å². The quantitative estimate of drug-likeness (QED) is 0.578. The Morgan fingerprint density at radius 1 is 1.77 bits per heavy atom. The molecule has 0 fully saturated rings. The van der Waals surface area contributed by atoms with Gasteiger partial charge in [0.2, 0.25) is 0 Å². The highest BCUT2D eigenvalue weighted by Gasteiger charge is 2.09. The molecule has 0 saturated carbocycles. The van der Waals surface area contributed by atoms with Crippen molar-refractivity contribution in [3.8, 4) is 0 Å². The van der Waals surface area contributed by atoms with Crippen molar-refractivity contribution in [3.63, 3.8) is 0 Å². The van der Waals surface area contributed by atoms with Crippen LogP contribution in [0.5, 0.6) is 0 Å². The lowest BCUT2D eigenvalue weighted by molar-refractivity contribution is 0.0683. The van der Waals surface area contributed by atoms with Gasteiger partial charge in [-0.05, 0) is 19.8 Å². The summed E-state index contributed by atoms with van der Waals surface area (Å²) in [5.74, 6) is 0. The molecule has 0 saturated heterocycles. The SMILES string of the molecule is CC(CN)OCCCC1CN=CN1. The summed E-state index contributed by atoms with van der Waals surface area (Å²) in [7, 11) is 0. The fourth-order valence-corrected chi connectivity index (χ4v) is 1.25. The highest BCUT2D eigenvalue weighted by molar-refractivity contribution is 5.57. The standard InChI is InChI=1S/C9H19N3O/c1-8(5-10)13-4-2-3-9-6-11-7-12-9/h7-9H,2-6,10H2,1H3,(H,11,12). The topological polar surface area (TPSA) is 59.6 Å². The Hall–Kier alpha value is -0.610. The number of nitrogens with two attached hydrogens (primary N) is 1. The summed E-state index contributed by atoms with van der Waals surface area (Å²) < 4.78 is 5.46. The fourth-order valence-electron chi connectivity index (χ4n) is 1.25. The molecule has 2 atom stereocenters. The molecular formula is C9H19N3O. The number of hydrogen-bond donors (Lipinski definition) is 2. The zero-order valence-electron chi connectivity index (χ0n) is 8.20. The molecule has 0 aromatic rings. The maximum atomic E-state index is 5.46. The second-order valence-electron chi connectivity index (χ2n) is 3.42. The number of nitrogens with one attached hydrogen (secondary N) is 1. The van der Waals surface area contributed by atoms with Crippen LogP contribution in [0.2, 0.25) is 0 Å². The molecule has 1 aliphatic rings. The van der Waals surface area contributed by atoms with E-state index in [1.807, 2.05) is 6.92 Å². The molecule has 0 aromatic carbocycles. The molecule has 1 aliphatic heterocycles. The van der Waals surface area contributed by atoms with Gasteiger partial charge in [0.25, 0.3) is 0 Å². The van der Waals surface area contributed by atoms with E-state index in [0.29, 0.717) is 12.6 Å². The fraction of sp³-hybridized carbons (Fsp3) is 0.889. The van der Waals surface area contributed by atoms with Crippen LogP contribution in [0.4, 0.5) is 0 Å². The molecule has 0 aromatic heterocycles. The molecule has 4 nitrogen and oxygen atoms in total. The van der Waals surface area contributed by atoms with E-state index in [9.17, 15) is 0 Å². The minimum atomic E-state index is 0.188. The van der Waals surface area contributed by atoms with Gasteiger partial charge in [-0.25, -0.2) is 0 Å². The number of ether oxygens (including phenoxy) is 1. The third-order valence-electron chi connectivity index (χ3n) is 2.16. The minimum absolute atomic E-state index is 0.188. The Morgan fingerprint density at radius 3 is 3.23 bits per heavy atom. The molecule has 0 amide bonds. The summed E-state index contributed by atoms with van der Waals surface area (Å²) in [6.07, 6.45) is 4.17. The molecule has 0 spiro atoms. The maximum absolute atomic E-state index is 5.46. The van der Waals surface area contributed by atoms with Gasteiger partial charge in [-0.2, -0.15) is 0 Å². The molecule has 0 aliphatic carbocycles. The lowest BCUT2D eigenvalue weighted by Crippen LogP contribution is -2.25. The smallest absolute Gasteiger partial charge is 0.0827 e. The molecule has 4 heteroatoms. The van der Waals surface area contributed by atoms with Crippen LogP contribution in [0.25, 0.3) is 0 Å². The molecule has 1 rings (SSSR count). The molecule has 76 valence electrons. The summed E-state index contributed by atoms with van der Waals surface area (Å²) in [6.45, 7) is 4.31. The van der Waals surface area contributed by atoms with E-state index in [1.54, 1.807) is 6.34 Å². The highest BCUT2D eigenvalue weighted by atomic mass is 16.5. The molecule has 0 bridgehead atoms. The zero-order valence-corrected chi connectivity index (χ0v) is 8.20. The van der Waals surface area contributed by atoms with E-state index in [4.69, 9.17) is 10.5 Å². The van der Waals surface area contributed by atoms with E-state index in [-0.39, 0.29) is 6.10 Å². The Morgan fingerprint density at radius 2 is 2.62 bits per heavy atom. The first-order chi connectivity index (χ1) is 6.33. The number of aliphatic imine (C=N–C) groups is 1. The summed E-state index contributed by atoms with van der Waals surface area (Å²) >= 11 is 0. The Kier molecular flexibility index (Phi) is 4.78. The maximum Gasteiger partial charge on any atom is 0.0827 e. The van der Waals surface area contributed by atoms with Crippen molar-refractivity contribution in [2.75, 3.05) is 19.7 Å². The average molecular weight is 185 g/mol. The number of rotatable bonds is 6. The predicted octanol–water partition coefficient (Wildman–Crippen LogP) is 0.131. The first-order valence-electron chi connectivity index (χ1n) is 4.89. The van der Waals surface area contributed by atoms with Crippen LogP contribution in [0.15, 0.2) is 4.99 Å². The van der Waals surface area contributed by atoms with Crippen molar-refractivity contribution in [2.24, 2.45) is 10.7 Å². The zero-order chi connectivity index (χ0) is 9.52. The van der Waals surface area contributed by atoms with Gasteiger partial charge >= 0.3 is 0 Å². The van der Waals surface area contributed by atoms with Crippen molar-refractivity contribution >= 4 is 6.34 Å². The molecule has 2 unspecified atom stereocenters. The highest BCUT2D eigenvalue weighted by Crippen LogP contribution is 2.02. The third kappa shape index (κ3) is 4.24. The van der Waals surface area contributed by atoms with E-state index < -0.39 is 0 Å². The third-order valence-corrected chi connectivity index (χ3v) is 2.16. The Bertz CT molecular complexity index is 153. The van der Waals surface area contributed by atoms with E-state index in [2.05, 4.69) is 10.3 Å². The van der Waals surface area contributed by atoms with Gasteiger partial charge in [0.1, 0.15) is 0 Å². The number of nitrogens with zero attached hydrogens (tertiary/aromatic N) is 1. The van der Waals surface area contributed by atoms with Crippen molar-refractivity contribution in [1.82, 2.24) is 5.32 Å². The van der Waals surface area contributed by atoms with Crippen molar-refractivity contribution in [3.05, 3.63) is 0 Å². The van der Waals surface area contributed by atoms with Crippen LogP contribution in [0.1, 0.15) is 19.8 Å². The first kappa shape index (κ1) is 10.5. The lowest BCUT2D eigenvalue weighted by Gasteiger charge is -2.12. The molecule has 1 heterocycles. The van der Waals surface area contributed by atoms with Crippen LogP contribution in [-0.2, 0) is 4.74 Å². The van der Waals surface area contributed by atoms with Gasteiger partial charge in [-0.3, -0.25) is 4.99 Å². The lowest BCUT2D eigenvalue weighted by atomic mass is 10.2. The molecule has 0 radical (unpaired) electrons. The van der Waals surface area contributed by atoms with E-state index in [0.717, 1.165) is 26.0 Å². The van der Waals surface area contributed by atoms with Crippen LogP contribution >= 0.6 is 0 Å². The van der Waals surface area contributed by atoms with Crippen LogP contribution in [-0.4, -0.2) is 38.2 Å². The van der Waals surface area contributed by atoms with Gasteiger partial charge in [0.05, 0.1) is 19.0 Å². The van der Waals surface area contributed by atoms with Crippen LogP contribution in [0, 0.1) is 0 Å². The normalized spacial score (nSPS) is 23.1. The predicted molar refractivity (Wildman–Crippen MR) is 54.0 cm³/mol. The van der Waals surface area contributed by atoms with Crippen LogP contribution < -0.4 is 11.1 Å². The van der Waals surface area contributed by atoms with Crippen molar-refractivity contribution < 1.29 is 4.74 Å². The van der Waals surface area contributed by atoms with Gasteiger partial charge in [-0.15, -0.1) is 0 Å². The second kappa shape index (κ2) is 5.94. The van der Waals surface area contributed by atoms with Gasteiger partial charge in [0.15, 0.2) is 0 Å². The second-order valence-corrected chi connectivity index (χ2v) is 3.42. The summed E-state index contributed by atoms with van der Waals surface area (Å²) in [5, 5.41) is 3.19. The molecule has 3 N–H and O–H groups in total. The summed E-state index contributed by atoms with van der Waals surface area (Å²) in [5.41, 5.74) is 5.42. The summed E-state index contributed by atoms with van der Waals surface area (Å²) in [4.78, 5) is 4.10. The van der Waals surface area contributed by atoms with Crippen LogP contribution in [0.3, 0.4) is 0 Å². The number of hydrogen-bond acceptors (Lipinski definition) is 4. The monoisotopic (exact) mass is 185 g/mol.